The Morgan fingerprint density at radius 2 is 0.735 bits per heavy atom. The predicted octanol–water partition coefficient (Wildman–Crippen LogP) is 22.5. The number of aliphatic hydroxyl groups excluding tert-OH is 1. The van der Waals surface area contributed by atoms with Gasteiger partial charge in [-0.05, 0) is 57.8 Å². The number of hydrogen-bond donors (Lipinski definition) is 2. The van der Waals surface area contributed by atoms with Crippen LogP contribution in [0, 0.1) is 0 Å². The molecule has 2 N–H and O–H groups in total. The molecule has 3 unspecified atom stereocenters. The number of carbonyl (C=O) groups is 1. The number of phosphoric ester groups is 1. The molecule has 0 saturated carbocycles. The van der Waals surface area contributed by atoms with Gasteiger partial charge in [0.15, 0.2) is 0 Å². The van der Waals surface area contributed by atoms with E-state index >= 15 is 0 Å². The van der Waals surface area contributed by atoms with Crippen LogP contribution < -0.4 is 10.2 Å². The molecule has 0 aromatic carbocycles. The van der Waals surface area contributed by atoms with E-state index in [1.807, 2.05) is 21.1 Å². The van der Waals surface area contributed by atoms with Crippen LogP contribution in [0.15, 0.2) is 60.8 Å². The summed E-state index contributed by atoms with van der Waals surface area (Å²) in [5, 5.41) is 14.1. The second-order valence-corrected chi connectivity index (χ2v) is 27.3. The highest BCUT2D eigenvalue weighted by atomic mass is 31.2. The highest BCUT2D eigenvalue weighted by Crippen LogP contribution is 2.38. The van der Waals surface area contributed by atoms with Crippen molar-refractivity contribution in [3.8, 4) is 0 Å². The summed E-state index contributed by atoms with van der Waals surface area (Å²) in [5.41, 5.74) is 0. The first-order valence-corrected chi connectivity index (χ1v) is 37.6. The van der Waals surface area contributed by atoms with Crippen LogP contribution in [0.2, 0.25) is 0 Å². The van der Waals surface area contributed by atoms with Gasteiger partial charge >= 0.3 is 0 Å². The van der Waals surface area contributed by atoms with E-state index in [1.165, 1.54) is 257 Å². The first-order chi connectivity index (χ1) is 40.5. The Labute approximate surface area is 517 Å². The number of quaternary nitrogens is 1. The number of rotatable bonds is 67. The van der Waals surface area contributed by atoms with Crippen molar-refractivity contribution >= 4 is 13.7 Å². The van der Waals surface area contributed by atoms with Crippen LogP contribution in [-0.2, 0) is 18.4 Å². The lowest BCUT2D eigenvalue weighted by Gasteiger charge is -2.30. The largest absolute Gasteiger partial charge is 0.756 e. The zero-order valence-corrected chi connectivity index (χ0v) is 56.8. The predicted molar refractivity (Wildman–Crippen MR) is 362 cm³/mol. The Bertz CT molecular complexity index is 1540. The Morgan fingerprint density at radius 1 is 0.434 bits per heavy atom. The van der Waals surface area contributed by atoms with Crippen LogP contribution in [-0.4, -0.2) is 68.5 Å². The van der Waals surface area contributed by atoms with Crippen molar-refractivity contribution in [2.45, 2.75) is 366 Å². The van der Waals surface area contributed by atoms with E-state index in [0.717, 1.165) is 70.6 Å². The van der Waals surface area contributed by atoms with Gasteiger partial charge in [-0.2, -0.15) is 0 Å². The number of allylic oxidation sites excluding steroid dienone is 10. The highest BCUT2D eigenvalue weighted by Gasteiger charge is 2.24. The SMILES string of the molecule is CC/C=C\C/C=C\C/C=C\C/C=C\C/C=C\CCCCCCCCCCCCCCCCCCCCCC(=O)NC(COP(=O)([O-])OCC[N+](C)(C)C)C(O)CCCCCCCCCCCCCCCCCCCCCCCCCCCC. The van der Waals surface area contributed by atoms with E-state index in [2.05, 4.69) is 79.9 Å². The molecule has 0 aliphatic rings. The second kappa shape index (κ2) is 64.7. The number of aliphatic hydroxyl groups is 1. The van der Waals surface area contributed by atoms with Crippen molar-refractivity contribution < 1.29 is 32.9 Å². The lowest BCUT2D eigenvalue weighted by molar-refractivity contribution is -0.870. The third kappa shape index (κ3) is 67.6. The first-order valence-electron chi connectivity index (χ1n) is 36.1. The molecule has 0 fully saturated rings. The summed E-state index contributed by atoms with van der Waals surface area (Å²) in [6, 6.07) is -0.803. The maximum Gasteiger partial charge on any atom is 0.268 e. The number of nitrogens with zero attached hydrogens (tertiary/aromatic N) is 1. The topological polar surface area (TPSA) is 108 Å². The molecular weight excluding hydrogens is 1040 g/mol. The maximum atomic E-state index is 13.1. The maximum absolute atomic E-state index is 13.1. The highest BCUT2D eigenvalue weighted by molar-refractivity contribution is 7.45. The molecule has 0 spiro atoms. The van der Waals surface area contributed by atoms with Crippen molar-refractivity contribution in [3.05, 3.63) is 60.8 Å². The lowest BCUT2D eigenvalue weighted by atomic mass is 10.0. The summed E-state index contributed by atoms with van der Waals surface area (Å²) in [4.78, 5) is 25.7. The summed E-state index contributed by atoms with van der Waals surface area (Å²) in [7, 11) is 1.32. The minimum atomic E-state index is -4.58. The number of carbonyl (C=O) groups excluding carboxylic acids is 1. The van der Waals surface area contributed by atoms with Gasteiger partial charge in [-0.3, -0.25) is 9.36 Å². The first kappa shape index (κ1) is 81.2. The van der Waals surface area contributed by atoms with E-state index in [0.29, 0.717) is 23.9 Å². The Kier molecular flexibility index (Phi) is 63.3. The van der Waals surface area contributed by atoms with Crippen LogP contribution in [0.3, 0.4) is 0 Å². The van der Waals surface area contributed by atoms with Crippen molar-refractivity contribution in [3.63, 3.8) is 0 Å². The van der Waals surface area contributed by atoms with Crippen LogP contribution in [0.1, 0.15) is 354 Å². The molecule has 0 heterocycles. The van der Waals surface area contributed by atoms with Crippen LogP contribution in [0.5, 0.6) is 0 Å². The summed E-state index contributed by atoms with van der Waals surface area (Å²) in [6.45, 7) is 4.66. The molecule has 488 valence electrons. The average molecular weight is 1190 g/mol. The molecule has 3 atom stereocenters. The Hall–Kier alpha value is -1.80. The third-order valence-electron chi connectivity index (χ3n) is 16.5. The van der Waals surface area contributed by atoms with Gasteiger partial charge in [0.05, 0.1) is 39.9 Å². The van der Waals surface area contributed by atoms with E-state index in [9.17, 15) is 19.4 Å². The molecule has 83 heavy (non-hydrogen) atoms. The number of unbranched alkanes of at least 4 members (excludes halogenated alkanes) is 44. The fourth-order valence-electron chi connectivity index (χ4n) is 11.0. The molecule has 0 radical (unpaired) electrons. The van der Waals surface area contributed by atoms with Gasteiger partial charge in [-0.15, -0.1) is 0 Å². The molecule has 8 nitrogen and oxygen atoms in total. The van der Waals surface area contributed by atoms with Gasteiger partial charge in [0, 0.05) is 6.42 Å². The molecule has 1 amide bonds. The monoisotopic (exact) mass is 1190 g/mol. The Morgan fingerprint density at radius 3 is 1.07 bits per heavy atom. The van der Waals surface area contributed by atoms with Gasteiger partial charge in [-0.25, -0.2) is 0 Å². The zero-order valence-electron chi connectivity index (χ0n) is 55.9. The van der Waals surface area contributed by atoms with Gasteiger partial charge < -0.3 is 28.8 Å². The van der Waals surface area contributed by atoms with Crippen molar-refractivity contribution in [1.82, 2.24) is 5.32 Å². The summed E-state index contributed by atoms with van der Waals surface area (Å²) < 4.78 is 23.6. The molecule has 0 bridgehead atoms. The zero-order chi connectivity index (χ0) is 60.5. The molecule has 0 aromatic rings. The normalized spacial score (nSPS) is 14.0. The van der Waals surface area contributed by atoms with Gasteiger partial charge in [0.25, 0.3) is 7.82 Å². The molecule has 0 saturated heterocycles. The smallest absolute Gasteiger partial charge is 0.268 e. The van der Waals surface area contributed by atoms with Crippen molar-refractivity contribution in [2.75, 3.05) is 40.9 Å². The number of amides is 1. The molecule has 0 aromatic heterocycles. The van der Waals surface area contributed by atoms with Gasteiger partial charge in [-0.1, -0.05) is 351 Å². The van der Waals surface area contributed by atoms with Crippen LogP contribution in [0.4, 0.5) is 0 Å². The van der Waals surface area contributed by atoms with Crippen molar-refractivity contribution in [1.29, 1.82) is 0 Å². The summed E-state index contributed by atoms with van der Waals surface area (Å²) in [5.74, 6) is -0.159. The Balaban J connectivity index is 3.98. The van der Waals surface area contributed by atoms with Crippen LogP contribution >= 0.6 is 7.82 Å². The van der Waals surface area contributed by atoms with Gasteiger partial charge in [0.1, 0.15) is 13.2 Å². The second-order valence-electron chi connectivity index (χ2n) is 25.9. The number of hydrogen-bond acceptors (Lipinski definition) is 6. The van der Waals surface area contributed by atoms with Crippen LogP contribution in [0.25, 0.3) is 0 Å². The minimum Gasteiger partial charge on any atom is -0.756 e. The van der Waals surface area contributed by atoms with E-state index in [-0.39, 0.29) is 19.1 Å². The summed E-state index contributed by atoms with van der Waals surface area (Å²) >= 11 is 0. The van der Waals surface area contributed by atoms with Crippen molar-refractivity contribution in [2.24, 2.45) is 0 Å². The molecule has 0 aliphatic heterocycles. The fraction of sp³-hybridized carbons (Fsp3) is 0.851. The molecule has 9 heteroatoms. The fourth-order valence-corrected chi connectivity index (χ4v) is 11.7. The third-order valence-corrected chi connectivity index (χ3v) is 17.5. The average Bonchev–Trinajstić information content (AvgIpc) is 3.49. The summed E-state index contributed by atoms with van der Waals surface area (Å²) in [6.07, 6.45) is 88.8. The number of nitrogens with one attached hydrogen (secondary N) is 1. The quantitative estimate of drug-likeness (QED) is 0.0272. The molecular formula is C74H141N2O6P. The number of likely N-dealkylation sites (N-methyl/N-ethyl adjacent to an activating group) is 1. The van der Waals surface area contributed by atoms with E-state index in [4.69, 9.17) is 9.05 Å². The molecule has 0 aliphatic carbocycles. The lowest BCUT2D eigenvalue weighted by Crippen LogP contribution is -2.46. The van der Waals surface area contributed by atoms with E-state index in [1.54, 1.807) is 0 Å². The van der Waals surface area contributed by atoms with Gasteiger partial charge in [0.2, 0.25) is 5.91 Å². The number of phosphoric acid groups is 1. The standard InChI is InChI=1S/C74H141N2O6P/c1-6-8-10-12-14-16-18-20-22-24-26-28-30-32-34-35-36-37-38-39-40-41-42-44-46-48-50-52-54-56-58-60-62-64-66-68-74(78)75-72(71-82-83(79,80)81-70-69-76(3,4)5)73(77)67-65-63-61-59-57-55-53-51-49-47-45-43-33-31-29-27-25-23-21-19-17-15-13-11-9-7-2/h8,10,14,16,20,22,26,28,32,34,72-73,77H,6-7,9,11-13,15,17-19,21,23-25,27,29-31,33,35-71H2,1-5H3,(H-,75,78,79,80)/b10-8-,16-14-,22-20-,28-26-,34-32-. The van der Waals surface area contributed by atoms with E-state index < -0.39 is 20.0 Å². The molecule has 0 rings (SSSR count). The minimum absolute atomic E-state index is 0.0131.